The Hall–Kier alpha value is -4.53. The molecule has 1 aromatic carbocycles. The predicted molar refractivity (Wildman–Crippen MR) is 195 cm³/mol. The first-order valence-electron chi connectivity index (χ1n) is 17.2. The van der Waals surface area contributed by atoms with Crippen molar-refractivity contribution in [2.24, 2.45) is 0 Å². The van der Waals surface area contributed by atoms with E-state index in [1.807, 2.05) is 103 Å². The number of rotatable bonds is 5. The Bertz CT molecular complexity index is 2270. The Labute approximate surface area is 285 Å². The van der Waals surface area contributed by atoms with Crippen LogP contribution < -0.4 is 4.90 Å². The quantitative estimate of drug-likeness (QED) is 0.197. The van der Waals surface area contributed by atoms with Crippen LogP contribution in [0.5, 0.6) is 0 Å². The zero-order valence-corrected chi connectivity index (χ0v) is 29.6. The second-order valence-electron chi connectivity index (χ2n) is 14.7. The summed E-state index contributed by atoms with van der Waals surface area (Å²) in [6.45, 7) is 4.50. The summed E-state index contributed by atoms with van der Waals surface area (Å²) < 4.78 is 73.2. The van der Waals surface area contributed by atoms with Gasteiger partial charge in [-0.15, -0.1) is 0 Å². The van der Waals surface area contributed by atoms with Crippen molar-refractivity contribution in [3.8, 4) is 11.1 Å². The maximum atomic E-state index is 17.4. The SMILES string of the molecule is CCC1=C(C)C2=Cc3cc4c(n3[B-](F)(F)[N+]2=C1C)C(C)(C)c1c-4cc2n1[B-](F)(F)[N+]1=C(/C=C/c3ccc(N(C)C)cc3)C(CC)=C(C)C1=C2. The van der Waals surface area contributed by atoms with Gasteiger partial charge in [0.25, 0.3) is 0 Å². The van der Waals surface area contributed by atoms with Gasteiger partial charge in [-0.3, -0.25) is 0 Å². The van der Waals surface area contributed by atoms with E-state index in [1.54, 1.807) is 25.1 Å². The first kappa shape index (κ1) is 31.7. The van der Waals surface area contributed by atoms with Crippen LogP contribution in [0.15, 0.2) is 76.2 Å². The molecular formula is C38H41B2F4N5. The van der Waals surface area contributed by atoms with Crippen LogP contribution in [0.1, 0.15) is 89.6 Å². The van der Waals surface area contributed by atoms with Crippen LogP contribution in [-0.2, 0) is 5.41 Å². The highest BCUT2D eigenvalue weighted by Gasteiger charge is 2.60. The molecule has 0 radical (unpaired) electrons. The van der Waals surface area contributed by atoms with Crippen molar-refractivity contribution in [3.05, 3.63) is 104 Å². The average molecular weight is 665 g/mol. The Kier molecular flexibility index (Phi) is 6.48. The van der Waals surface area contributed by atoms with E-state index in [9.17, 15) is 0 Å². The van der Waals surface area contributed by atoms with Gasteiger partial charge >= 0.3 is 13.9 Å². The van der Waals surface area contributed by atoms with E-state index in [4.69, 9.17) is 0 Å². The van der Waals surface area contributed by atoms with E-state index >= 15 is 17.3 Å². The summed E-state index contributed by atoms with van der Waals surface area (Å²) in [7, 11) is 3.95. The van der Waals surface area contributed by atoms with Gasteiger partial charge < -0.3 is 40.1 Å². The molecule has 5 aliphatic rings. The molecule has 0 fully saturated rings. The number of anilines is 1. The molecule has 0 unspecified atom stereocenters. The van der Waals surface area contributed by atoms with Crippen molar-refractivity contribution in [2.45, 2.75) is 66.7 Å². The molecule has 0 saturated carbocycles. The molecule has 2 aromatic heterocycles. The molecule has 1 aliphatic carbocycles. The van der Waals surface area contributed by atoms with Gasteiger partial charge in [0, 0.05) is 107 Å². The normalized spacial score (nSPS) is 20.8. The Morgan fingerprint density at radius 3 is 1.73 bits per heavy atom. The number of hydrogen-bond acceptors (Lipinski definition) is 1. The molecule has 11 heteroatoms. The highest BCUT2D eigenvalue weighted by Crippen LogP contribution is 2.56. The fourth-order valence-electron chi connectivity index (χ4n) is 9.32. The van der Waals surface area contributed by atoms with Crippen molar-refractivity contribution in [3.63, 3.8) is 0 Å². The van der Waals surface area contributed by atoms with Crippen molar-refractivity contribution < 1.29 is 26.2 Å². The molecule has 49 heavy (non-hydrogen) atoms. The fourth-order valence-corrected chi connectivity index (χ4v) is 9.32. The molecule has 0 N–H and O–H groups in total. The molecule has 4 aliphatic heterocycles. The van der Waals surface area contributed by atoms with E-state index in [2.05, 4.69) is 0 Å². The lowest BCUT2D eigenvalue weighted by Crippen LogP contribution is -2.53. The second-order valence-corrected chi connectivity index (χ2v) is 14.7. The predicted octanol–water partition coefficient (Wildman–Crippen LogP) is 8.94. The van der Waals surface area contributed by atoms with Crippen molar-refractivity contribution >= 4 is 49.3 Å². The summed E-state index contributed by atoms with van der Waals surface area (Å²) in [6, 6.07) is 11.5. The Morgan fingerprint density at radius 1 is 0.735 bits per heavy atom. The molecule has 8 rings (SSSR count). The van der Waals surface area contributed by atoms with Gasteiger partial charge in [0.05, 0.1) is 0 Å². The van der Waals surface area contributed by atoms with Crippen LogP contribution >= 0.6 is 0 Å². The molecule has 0 atom stereocenters. The maximum absolute atomic E-state index is 17.4. The molecule has 5 nitrogen and oxygen atoms in total. The van der Waals surface area contributed by atoms with Crippen molar-refractivity contribution in [2.75, 3.05) is 19.0 Å². The van der Waals surface area contributed by atoms with Gasteiger partial charge in [0.2, 0.25) is 0 Å². The van der Waals surface area contributed by atoms with Crippen LogP contribution in [0.4, 0.5) is 23.0 Å². The lowest BCUT2D eigenvalue weighted by molar-refractivity contribution is -0.363. The molecule has 0 bridgehead atoms. The number of benzene rings is 1. The van der Waals surface area contributed by atoms with Crippen LogP contribution in [-0.4, -0.2) is 57.4 Å². The minimum Gasteiger partial charge on any atom is -0.392 e. The van der Waals surface area contributed by atoms with Crippen LogP contribution in [0.3, 0.4) is 0 Å². The molecule has 0 amide bonds. The zero-order valence-electron chi connectivity index (χ0n) is 29.6. The second kappa shape index (κ2) is 10.0. The van der Waals surface area contributed by atoms with E-state index in [1.165, 1.54) is 8.97 Å². The van der Waals surface area contributed by atoms with Gasteiger partial charge in [0.1, 0.15) is 5.71 Å². The highest BCUT2D eigenvalue weighted by atomic mass is 19.3. The smallest absolute Gasteiger partial charge is 0.392 e. The topological polar surface area (TPSA) is 19.1 Å². The first-order chi connectivity index (χ1) is 23.1. The maximum Gasteiger partial charge on any atom is 0.737 e. The third-order valence-electron chi connectivity index (χ3n) is 11.5. The molecular weight excluding hydrogens is 624 g/mol. The van der Waals surface area contributed by atoms with Crippen LogP contribution in [0.2, 0.25) is 0 Å². The average Bonchev–Trinajstić information content (AvgIpc) is 3.79. The van der Waals surface area contributed by atoms with Crippen molar-refractivity contribution in [1.82, 2.24) is 8.96 Å². The van der Waals surface area contributed by atoms with E-state index in [0.29, 0.717) is 69.6 Å². The molecule has 252 valence electrons. The van der Waals surface area contributed by atoms with Gasteiger partial charge in [-0.05, 0) is 76.4 Å². The Balaban J connectivity index is 1.30. The summed E-state index contributed by atoms with van der Waals surface area (Å²) in [5.74, 6) is 0. The molecule has 0 spiro atoms. The molecule has 0 saturated heterocycles. The number of hydrogen-bond donors (Lipinski definition) is 0. The molecule has 3 aromatic rings. The molecule has 6 heterocycles. The largest absolute Gasteiger partial charge is 0.737 e. The third kappa shape index (κ3) is 3.90. The van der Waals surface area contributed by atoms with Crippen molar-refractivity contribution in [1.29, 1.82) is 0 Å². The van der Waals surface area contributed by atoms with Gasteiger partial charge in [-0.2, -0.15) is 0 Å². The van der Waals surface area contributed by atoms with E-state index in [-0.39, 0.29) is 0 Å². The minimum atomic E-state index is -4.39. The number of nitrogens with zero attached hydrogens (tertiary/aromatic N) is 5. The van der Waals surface area contributed by atoms with Gasteiger partial charge in [-0.1, -0.05) is 26.0 Å². The van der Waals surface area contributed by atoms with E-state index in [0.717, 1.165) is 42.5 Å². The zero-order chi connectivity index (χ0) is 35.1. The van der Waals surface area contributed by atoms with Crippen LogP contribution in [0.25, 0.3) is 29.4 Å². The number of allylic oxidation sites excluding steroid dienone is 5. The lowest BCUT2D eigenvalue weighted by Gasteiger charge is -2.37. The fraction of sp³-hybridized carbons (Fsp3) is 0.316. The Morgan fingerprint density at radius 2 is 1.22 bits per heavy atom. The summed E-state index contributed by atoms with van der Waals surface area (Å²) in [6.07, 6.45) is 8.61. The lowest BCUT2D eigenvalue weighted by atomic mass is 9.81. The van der Waals surface area contributed by atoms with E-state index < -0.39 is 19.4 Å². The summed E-state index contributed by atoms with van der Waals surface area (Å²) in [4.78, 5) is 2.01. The third-order valence-corrected chi connectivity index (χ3v) is 11.5. The van der Waals surface area contributed by atoms with Crippen LogP contribution in [0, 0.1) is 0 Å². The minimum absolute atomic E-state index is 0.375. The number of aromatic nitrogens is 2. The van der Waals surface area contributed by atoms with Gasteiger partial charge in [0.15, 0.2) is 17.1 Å². The first-order valence-corrected chi connectivity index (χ1v) is 17.2. The summed E-state index contributed by atoms with van der Waals surface area (Å²) in [5.41, 5.74) is 9.13. The standard InChI is InChI=1S/C38H41B2F4N5/c1-10-29-22(3)34-20-27-18-31-32-19-28-21-35-23(4)30(11-2)33(17-14-25-12-15-26(16-13-25)45(8)9)49(35)40(43,44)48(28)37(32)38(6,7)36(31)47(27)39(41,42)46(34)24(29)5/h12-21H,10-11H2,1-9H3/b17-14+. The monoisotopic (exact) mass is 665 g/mol. The summed E-state index contributed by atoms with van der Waals surface area (Å²) >= 11 is 0. The summed E-state index contributed by atoms with van der Waals surface area (Å²) in [5, 5.41) is 0. The number of fused-ring (bicyclic) bond motifs is 9. The van der Waals surface area contributed by atoms with Gasteiger partial charge in [-0.25, -0.2) is 0 Å². The highest BCUT2D eigenvalue weighted by molar-refractivity contribution is 6.59. The number of halogens is 4.